The van der Waals surface area contributed by atoms with Gasteiger partial charge in [-0.1, -0.05) is 24.6 Å². The molecule has 0 radical (unpaired) electrons. The Morgan fingerprint density at radius 1 is 1.24 bits per heavy atom. The van der Waals surface area contributed by atoms with E-state index in [4.69, 9.17) is 0 Å². The molecule has 1 aliphatic rings. The third-order valence-corrected chi connectivity index (χ3v) is 6.14. The average molecular weight is 413 g/mol. The highest BCUT2D eigenvalue weighted by Crippen LogP contribution is 2.34. The summed E-state index contributed by atoms with van der Waals surface area (Å²) >= 11 is 1.66. The lowest BCUT2D eigenvalue weighted by Crippen LogP contribution is -2.12. The largest absolute Gasteiger partial charge is 0.385 e. The minimum atomic E-state index is -0.368. The summed E-state index contributed by atoms with van der Waals surface area (Å²) in [6, 6.07) is 5.65. The number of non-ortho nitro benzene ring substituents is 1. The van der Waals surface area contributed by atoms with Crippen LogP contribution >= 0.6 is 11.8 Å². The number of benzene rings is 1. The zero-order valence-electron chi connectivity index (χ0n) is 16.4. The van der Waals surface area contributed by atoms with E-state index >= 15 is 0 Å². The van der Waals surface area contributed by atoms with Crippen LogP contribution in [0, 0.1) is 10.1 Å². The second kappa shape index (κ2) is 8.77. The van der Waals surface area contributed by atoms with E-state index in [1.165, 1.54) is 31.7 Å². The van der Waals surface area contributed by atoms with E-state index in [9.17, 15) is 10.1 Å². The zero-order valence-corrected chi connectivity index (χ0v) is 17.2. The second-order valence-corrected chi connectivity index (χ2v) is 8.03. The Morgan fingerprint density at radius 2 is 2.07 bits per heavy atom. The minimum absolute atomic E-state index is 0.0768. The molecule has 1 aliphatic carbocycles. The molecule has 0 spiro atoms. The van der Waals surface area contributed by atoms with Crippen molar-refractivity contribution in [3.05, 3.63) is 46.5 Å². The van der Waals surface area contributed by atoms with Crippen LogP contribution in [0.1, 0.15) is 44.0 Å². The van der Waals surface area contributed by atoms with E-state index in [0.29, 0.717) is 11.4 Å². The lowest BCUT2D eigenvalue weighted by molar-refractivity contribution is -0.383. The van der Waals surface area contributed by atoms with Crippen LogP contribution in [-0.4, -0.2) is 37.5 Å². The van der Waals surface area contributed by atoms with Gasteiger partial charge >= 0.3 is 0 Å². The summed E-state index contributed by atoms with van der Waals surface area (Å²) in [5.74, 6) is 1.06. The molecule has 4 rings (SSSR count). The van der Waals surface area contributed by atoms with Crippen molar-refractivity contribution in [2.45, 2.75) is 49.7 Å². The average Bonchev–Trinajstić information content (AvgIpc) is 3.40. The number of nitrogens with zero attached hydrogens (tertiary/aromatic N) is 5. The van der Waals surface area contributed by atoms with Crippen LogP contribution in [0.5, 0.6) is 0 Å². The molecule has 0 saturated heterocycles. The van der Waals surface area contributed by atoms with Gasteiger partial charge in [0.25, 0.3) is 5.69 Å². The molecule has 1 fully saturated rings. The van der Waals surface area contributed by atoms with Crippen molar-refractivity contribution in [3.8, 4) is 0 Å². The number of anilines is 1. The predicted octanol–water partition coefficient (Wildman–Crippen LogP) is 4.62. The number of fused-ring (bicyclic) bond motifs is 1. The number of hydrogen-bond donors (Lipinski definition) is 1. The van der Waals surface area contributed by atoms with Crippen molar-refractivity contribution in [2.75, 3.05) is 18.1 Å². The Balaban J connectivity index is 1.44. The maximum Gasteiger partial charge on any atom is 0.278 e. The van der Waals surface area contributed by atoms with Crippen molar-refractivity contribution in [1.82, 2.24) is 19.7 Å². The monoisotopic (exact) mass is 412 g/mol. The number of nitro benzene ring substituents is 1. The van der Waals surface area contributed by atoms with Gasteiger partial charge in [0.05, 0.1) is 10.3 Å². The van der Waals surface area contributed by atoms with Crippen molar-refractivity contribution in [1.29, 1.82) is 0 Å². The summed E-state index contributed by atoms with van der Waals surface area (Å²) in [5, 5.41) is 25.8. The maximum absolute atomic E-state index is 11.3. The molecule has 8 nitrogen and oxygen atoms in total. The molecule has 3 aromatic rings. The highest BCUT2D eigenvalue weighted by atomic mass is 32.2. The molecule has 0 unspecified atom stereocenters. The Hall–Kier alpha value is -2.68. The van der Waals surface area contributed by atoms with Gasteiger partial charge in [0.1, 0.15) is 5.82 Å². The fourth-order valence-corrected chi connectivity index (χ4v) is 4.68. The zero-order chi connectivity index (χ0) is 20.2. The van der Waals surface area contributed by atoms with E-state index in [1.807, 2.05) is 6.07 Å². The molecule has 0 bridgehead atoms. The molecule has 2 aromatic heterocycles. The third kappa shape index (κ3) is 4.05. The van der Waals surface area contributed by atoms with Gasteiger partial charge in [-0.05, 0) is 37.7 Å². The summed E-state index contributed by atoms with van der Waals surface area (Å²) < 4.78 is 2.34. The van der Waals surface area contributed by atoms with Crippen LogP contribution < -0.4 is 5.32 Å². The van der Waals surface area contributed by atoms with Gasteiger partial charge < -0.3 is 9.88 Å². The first-order chi connectivity index (χ1) is 14.2. The SMILES string of the molecule is CSc1nnc(CCCNc2ccc([N+](=O)[O-])c3cnccc23)n1C1CCCC1. The molecule has 1 saturated carbocycles. The van der Waals surface area contributed by atoms with Crippen LogP contribution in [-0.2, 0) is 6.42 Å². The van der Waals surface area contributed by atoms with Gasteiger partial charge in [0.15, 0.2) is 5.16 Å². The van der Waals surface area contributed by atoms with E-state index in [1.54, 1.807) is 30.2 Å². The molecule has 0 atom stereocenters. The molecule has 1 N–H and O–H groups in total. The van der Waals surface area contributed by atoms with Crippen LogP contribution in [0.15, 0.2) is 35.7 Å². The number of hydrogen-bond acceptors (Lipinski definition) is 7. The number of nitro groups is 1. The van der Waals surface area contributed by atoms with E-state index in [2.05, 4.69) is 31.3 Å². The molecule has 9 heteroatoms. The van der Waals surface area contributed by atoms with Gasteiger partial charge in [-0.2, -0.15) is 0 Å². The van der Waals surface area contributed by atoms with Crippen molar-refractivity contribution in [2.24, 2.45) is 0 Å². The van der Waals surface area contributed by atoms with Crippen LogP contribution in [0.3, 0.4) is 0 Å². The standard InChI is InChI=1S/C20H24N6O2S/c1-29-20-24-23-19(25(20)14-5-2-3-6-14)7-4-11-22-17-8-9-18(26(27)28)16-13-21-12-10-15(16)17/h8-10,12-14,22H,2-7,11H2,1H3. The fourth-order valence-electron chi connectivity index (χ4n) is 4.10. The van der Waals surface area contributed by atoms with E-state index in [0.717, 1.165) is 41.4 Å². The number of aromatic nitrogens is 4. The highest BCUT2D eigenvalue weighted by Gasteiger charge is 2.23. The number of nitrogens with one attached hydrogen (secondary N) is 1. The predicted molar refractivity (Wildman–Crippen MR) is 115 cm³/mol. The van der Waals surface area contributed by atoms with Crippen LogP contribution in [0.2, 0.25) is 0 Å². The van der Waals surface area contributed by atoms with Crippen LogP contribution in [0.25, 0.3) is 10.8 Å². The number of aryl methyl sites for hydroxylation is 1. The van der Waals surface area contributed by atoms with Gasteiger partial charge in [0, 0.05) is 48.5 Å². The fraction of sp³-hybridized carbons (Fsp3) is 0.450. The Labute approximate surface area is 173 Å². The molecular formula is C20H24N6O2S. The van der Waals surface area contributed by atoms with Crippen molar-refractivity contribution < 1.29 is 4.92 Å². The highest BCUT2D eigenvalue weighted by molar-refractivity contribution is 7.98. The topological polar surface area (TPSA) is 98.8 Å². The number of thioether (sulfide) groups is 1. The molecule has 29 heavy (non-hydrogen) atoms. The number of rotatable bonds is 8. The first-order valence-electron chi connectivity index (χ1n) is 9.92. The third-order valence-electron chi connectivity index (χ3n) is 5.49. The van der Waals surface area contributed by atoms with Crippen LogP contribution in [0.4, 0.5) is 11.4 Å². The molecule has 152 valence electrons. The van der Waals surface area contributed by atoms with E-state index in [-0.39, 0.29) is 10.6 Å². The van der Waals surface area contributed by atoms with Gasteiger partial charge in [-0.3, -0.25) is 15.1 Å². The smallest absolute Gasteiger partial charge is 0.278 e. The summed E-state index contributed by atoms with van der Waals surface area (Å²) in [6.45, 7) is 0.751. The first-order valence-corrected chi connectivity index (χ1v) is 11.1. The van der Waals surface area contributed by atoms with E-state index < -0.39 is 0 Å². The van der Waals surface area contributed by atoms with Gasteiger partial charge in [-0.25, -0.2) is 0 Å². The first kappa shape index (κ1) is 19.6. The molecular weight excluding hydrogens is 388 g/mol. The Bertz CT molecular complexity index is 1020. The molecule has 0 amide bonds. The Kier molecular flexibility index (Phi) is 5.94. The summed E-state index contributed by atoms with van der Waals surface area (Å²) in [7, 11) is 0. The molecule has 2 heterocycles. The maximum atomic E-state index is 11.3. The van der Waals surface area contributed by atoms with Gasteiger partial charge in [0.2, 0.25) is 0 Å². The summed E-state index contributed by atoms with van der Waals surface area (Å²) in [6.07, 6.45) is 12.0. The minimum Gasteiger partial charge on any atom is -0.385 e. The van der Waals surface area contributed by atoms with Crippen molar-refractivity contribution in [3.63, 3.8) is 0 Å². The van der Waals surface area contributed by atoms with Gasteiger partial charge in [-0.15, -0.1) is 10.2 Å². The Morgan fingerprint density at radius 3 is 2.83 bits per heavy atom. The summed E-state index contributed by atoms with van der Waals surface area (Å²) in [5.41, 5.74) is 0.961. The molecule has 0 aliphatic heterocycles. The lowest BCUT2D eigenvalue weighted by atomic mass is 10.1. The summed E-state index contributed by atoms with van der Waals surface area (Å²) in [4.78, 5) is 14.9. The van der Waals surface area contributed by atoms with Crippen molar-refractivity contribution >= 4 is 33.9 Å². The second-order valence-electron chi connectivity index (χ2n) is 7.25. The normalized spacial score (nSPS) is 14.5. The lowest BCUT2D eigenvalue weighted by Gasteiger charge is -2.16. The quantitative estimate of drug-likeness (QED) is 0.249. The number of pyridine rings is 1. The molecule has 1 aromatic carbocycles.